The van der Waals surface area contributed by atoms with E-state index >= 15 is 0 Å². The zero-order valence-corrected chi connectivity index (χ0v) is 18.9. The van der Waals surface area contributed by atoms with Crippen molar-refractivity contribution in [3.05, 3.63) is 34.1 Å². The van der Waals surface area contributed by atoms with Crippen molar-refractivity contribution in [1.82, 2.24) is 24.9 Å². The fourth-order valence-corrected chi connectivity index (χ4v) is 4.45. The molecule has 1 N–H and O–H groups in total. The van der Waals surface area contributed by atoms with Gasteiger partial charge in [-0.15, -0.1) is 0 Å². The van der Waals surface area contributed by atoms with Crippen LogP contribution in [-0.4, -0.2) is 63.4 Å². The highest BCUT2D eigenvalue weighted by Gasteiger charge is 2.34. The third kappa shape index (κ3) is 3.88. The van der Waals surface area contributed by atoms with Gasteiger partial charge in [-0.25, -0.2) is 9.97 Å². The number of rotatable bonds is 4. The summed E-state index contributed by atoms with van der Waals surface area (Å²) in [5, 5.41) is 7.26. The maximum absolute atomic E-state index is 13.2. The highest BCUT2D eigenvalue weighted by atomic mass is 16.5. The molecule has 2 amide bonds. The first-order valence-electron chi connectivity index (χ1n) is 10.9. The van der Waals surface area contributed by atoms with Crippen molar-refractivity contribution in [3.63, 3.8) is 0 Å². The molecule has 4 heterocycles. The predicted octanol–water partition coefficient (Wildman–Crippen LogP) is 2.47. The van der Waals surface area contributed by atoms with Crippen molar-refractivity contribution in [2.24, 2.45) is 0 Å². The van der Waals surface area contributed by atoms with E-state index in [9.17, 15) is 9.59 Å². The number of carbonyl (C=O) groups is 2. The second-order valence-electron chi connectivity index (χ2n) is 8.69. The Kier molecular flexibility index (Phi) is 5.68. The molecular weight excluding hydrogens is 396 g/mol. The van der Waals surface area contributed by atoms with Gasteiger partial charge in [-0.2, -0.15) is 0 Å². The van der Waals surface area contributed by atoms with Crippen molar-refractivity contribution in [2.75, 3.05) is 32.0 Å². The number of nitrogens with one attached hydrogen (secondary N) is 1. The van der Waals surface area contributed by atoms with Crippen molar-refractivity contribution in [2.45, 2.75) is 58.9 Å². The summed E-state index contributed by atoms with van der Waals surface area (Å²) in [6, 6.07) is 0. The average molecular weight is 427 g/mol. The van der Waals surface area contributed by atoms with Crippen molar-refractivity contribution in [3.8, 4) is 0 Å². The van der Waals surface area contributed by atoms with E-state index in [-0.39, 0.29) is 23.7 Å². The molecule has 2 aromatic heterocycles. The normalized spacial score (nSPS) is 18.5. The minimum atomic E-state index is -0.0335. The van der Waals surface area contributed by atoms with Crippen LogP contribution in [0.25, 0.3) is 0 Å². The van der Waals surface area contributed by atoms with Gasteiger partial charge in [0.25, 0.3) is 5.91 Å². The van der Waals surface area contributed by atoms with Gasteiger partial charge in [-0.3, -0.25) is 9.59 Å². The highest BCUT2D eigenvalue weighted by Crippen LogP contribution is 2.32. The van der Waals surface area contributed by atoms with Gasteiger partial charge in [0, 0.05) is 51.5 Å². The van der Waals surface area contributed by atoms with Crippen LogP contribution in [0.5, 0.6) is 0 Å². The van der Waals surface area contributed by atoms with E-state index < -0.39 is 0 Å². The lowest BCUT2D eigenvalue weighted by Crippen LogP contribution is -2.35. The summed E-state index contributed by atoms with van der Waals surface area (Å²) in [5.41, 5.74) is 3.28. The van der Waals surface area contributed by atoms with E-state index in [1.807, 2.05) is 30.7 Å². The molecule has 0 spiro atoms. The Labute approximate surface area is 182 Å². The highest BCUT2D eigenvalue weighted by molar-refractivity contribution is 5.96. The monoisotopic (exact) mass is 426 g/mol. The summed E-state index contributed by atoms with van der Waals surface area (Å²) in [7, 11) is 1.84. The third-order valence-electron chi connectivity index (χ3n) is 6.25. The Morgan fingerprint density at radius 1 is 1.19 bits per heavy atom. The number of fused-ring (bicyclic) bond motifs is 1. The molecule has 166 valence electrons. The van der Waals surface area contributed by atoms with Crippen LogP contribution in [0.1, 0.15) is 77.9 Å². The Morgan fingerprint density at radius 3 is 2.65 bits per heavy atom. The molecule has 1 saturated heterocycles. The Balaban J connectivity index is 1.56. The van der Waals surface area contributed by atoms with E-state index in [0.29, 0.717) is 49.6 Å². The molecular formula is C22H30N6O3. The topological polar surface area (TPSA) is 104 Å². The first-order valence-corrected chi connectivity index (χ1v) is 10.9. The molecule has 1 fully saturated rings. The van der Waals surface area contributed by atoms with E-state index in [2.05, 4.69) is 10.5 Å². The van der Waals surface area contributed by atoms with Crippen LogP contribution >= 0.6 is 0 Å². The molecule has 31 heavy (non-hydrogen) atoms. The van der Waals surface area contributed by atoms with Gasteiger partial charge in [0.05, 0.1) is 17.9 Å². The molecule has 9 heteroatoms. The second kappa shape index (κ2) is 8.28. The number of likely N-dealkylation sites (tertiary alicyclic amines) is 1. The number of hydrogen-bond acceptors (Lipinski definition) is 7. The minimum Gasteiger partial charge on any atom is -0.373 e. The van der Waals surface area contributed by atoms with Gasteiger partial charge >= 0.3 is 0 Å². The Bertz CT molecular complexity index is 998. The summed E-state index contributed by atoms with van der Waals surface area (Å²) >= 11 is 0. The van der Waals surface area contributed by atoms with Crippen molar-refractivity contribution >= 4 is 17.6 Å². The van der Waals surface area contributed by atoms with E-state index in [1.165, 1.54) is 0 Å². The zero-order valence-electron chi connectivity index (χ0n) is 18.9. The number of amides is 2. The number of aryl methyl sites for hydroxylation is 1. The molecule has 2 aromatic rings. The minimum absolute atomic E-state index is 0.0335. The van der Waals surface area contributed by atoms with Gasteiger partial charge in [-0.1, -0.05) is 19.0 Å². The van der Waals surface area contributed by atoms with Gasteiger partial charge in [0.1, 0.15) is 23.0 Å². The molecule has 0 radical (unpaired) electrons. The van der Waals surface area contributed by atoms with Crippen LogP contribution in [0.15, 0.2) is 4.52 Å². The zero-order chi connectivity index (χ0) is 22.3. The van der Waals surface area contributed by atoms with E-state index in [1.54, 1.807) is 13.8 Å². The molecule has 0 aliphatic carbocycles. The van der Waals surface area contributed by atoms with Crippen LogP contribution in [-0.2, 0) is 17.8 Å². The molecule has 0 unspecified atom stereocenters. The number of aromatic nitrogens is 3. The molecule has 0 bridgehead atoms. The second-order valence-corrected chi connectivity index (χ2v) is 8.69. The maximum atomic E-state index is 13.2. The fourth-order valence-electron chi connectivity index (χ4n) is 4.45. The summed E-state index contributed by atoms with van der Waals surface area (Å²) in [4.78, 5) is 38.3. The fraction of sp³-hybridized carbons (Fsp3) is 0.591. The first-order chi connectivity index (χ1) is 14.8. The van der Waals surface area contributed by atoms with Gasteiger partial charge in [-0.05, 0) is 19.3 Å². The molecule has 9 nitrogen and oxygen atoms in total. The summed E-state index contributed by atoms with van der Waals surface area (Å²) in [5.74, 6) is 2.32. The van der Waals surface area contributed by atoms with E-state index in [0.717, 1.165) is 29.3 Å². The van der Waals surface area contributed by atoms with E-state index in [4.69, 9.17) is 14.5 Å². The largest absolute Gasteiger partial charge is 0.373 e. The van der Waals surface area contributed by atoms with Crippen LogP contribution in [0.2, 0.25) is 0 Å². The van der Waals surface area contributed by atoms with Gasteiger partial charge in [0.2, 0.25) is 5.91 Å². The lowest BCUT2D eigenvalue weighted by Gasteiger charge is -2.29. The SMILES string of the molecule is CNc1nc([C@@H]2CCN(C(=O)c3c(C(C)C)noc3C)C2)nc2c1CN(C(C)=O)CC2. The van der Waals surface area contributed by atoms with Crippen molar-refractivity contribution in [1.29, 1.82) is 0 Å². The van der Waals surface area contributed by atoms with Crippen LogP contribution in [0.4, 0.5) is 5.82 Å². The van der Waals surface area contributed by atoms with Crippen molar-refractivity contribution < 1.29 is 14.1 Å². The number of anilines is 1. The third-order valence-corrected chi connectivity index (χ3v) is 6.25. The standard InChI is InChI=1S/C22H30N6O3/c1-12(2)19-18(13(3)31-26-19)22(30)28-8-6-15(10-28)20-24-17-7-9-27(14(4)29)11-16(17)21(23-5)25-20/h12,15H,6-11H2,1-5H3,(H,23,24,25)/t15-/m1/s1. The quantitative estimate of drug-likeness (QED) is 0.801. The van der Waals surface area contributed by atoms with Gasteiger partial charge < -0.3 is 19.6 Å². The molecule has 2 aliphatic rings. The molecule has 0 saturated carbocycles. The summed E-state index contributed by atoms with van der Waals surface area (Å²) in [6.07, 6.45) is 1.53. The molecule has 4 rings (SSSR count). The number of carbonyl (C=O) groups excluding carboxylic acids is 2. The lowest BCUT2D eigenvalue weighted by molar-refractivity contribution is -0.129. The summed E-state index contributed by atoms with van der Waals surface area (Å²) in [6.45, 7) is 9.81. The lowest BCUT2D eigenvalue weighted by atomic mass is 10.0. The maximum Gasteiger partial charge on any atom is 0.259 e. The van der Waals surface area contributed by atoms with Crippen LogP contribution in [0.3, 0.4) is 0 Å². The van der Waals surface area contributed by atoms with Crippen LogP contribution < -0.4 is 5.32 Å². The number of nitrogens with zero attached hydrogens (tertiary/aromatic N) is 5. The smallest absolute Gasteiger partial charge is 0.259 e. The Morgan fingerprint density at radius 2 is 1.97 bits per heavy atom. The average Bonchev–Trinajstić information content (AvgIpc) is 3.39. The summed E-state index contributed by atoms with van der Waals surface area (Å²) < 4.78 is 5.31. The first kappa shape index (κ1) is 21.3. The van der Waals surface area contributed by atoms with Gasteiger partial charge in [0.15, 0.2) is 0 Å². The Hall–Kier alpha value is -2.97. The molecule has 1 atom stereocenters. The molecule has 0 aromatic carbocycles. The predicted molar refractivity (Wildman–Crippen MR) is 115 cm³/mol. The number of hydrogen-bond donors (Lipinski definition) is 1. The van der Waals surface area contributed by atoms with Crippen LogP contribution in [0, 0.1) is 6.92 Å². The molecule has 2 aliphatic heterocycles.